The SMILES string of the molecule is CC(C)(C)c1cc(N)c(SCCN)c(NC(=O)c2cc(C(=O)Nc3cc(C(C)(C)C)cc(NC(=O)CCCCN)c3SCCN)ncn2)c1. The lowest BCUT2D eigenvalue weighted by Gasteiger charge is -2.24. The number of carbonyl (C=O) groups excluding carboxylic acids is 3. The van der Waals surface area contributed by atoms with Gasteiger partial charge in [0.15, 0.2) is 0 Å². The van der Waals surface area contributed by atoms with Crippen molar-refractivity contribution < 1.29 is 14.4 Å². The van der Waals surface area contributed by atoms with E-state index in [4.69, 9.17) is 22.9 Å². The molecule has 0 radical (unpaired) electrons. The van der Waals surface area contributed by atoms with Crippen molar-refractivity contribution in [2.45, 2.75) is 81.4 Å². The number of nitrogen functional groups attached to an aromatic ring is 1. The lowest BCUT2D eigenvalue weighted by Crippen LogP contribution is -2.21. The third kappa shape index (κ3) is 11.4. The average molecular weight is 710 g/mol. The molecule has 0 aliphatic heterocycles. The van der Waals surface area contributed by atoms with Crippen LogP contribution in [0.4, 0.5) is 22.7 Å². The summed E-state index contributed by atoms with van der Waals surface area (Å²) in [4.78, 5) is 49.8. The summed E-state index contributed by atoms with van der Waals surface area (Å²) < 4.78 is 0. The number of nitrogens with zero attached hydrogens (tertiary/aromatic N) is 2. The maximum atomic E-state index is 13.7. The third-order valence-electron chi connectivity index (χ3n) is 7.43. The molecule has 0 fully saturated rings. The van der Waals surface area contributed by atoms with Crippen LogP contribution in [-0.4, -0.2) is 58.8 Å². The molecular formula is C35H51N9O3S2. The molecule has 0 bridgehead atoms. The minimum Gasteiger partial charge on any atom is -0.398 e. The summed E-state index contributed by atoms with van der Waals surface area (Å²) in [5.74, 6) is -0.0442. The first-order valence-corrected chi connectivity index (χ1v) is 18.3. The van der Waals surface area contributed by atoms with E-state index in [1.54, 1.807) is 0 Å². The van der Waals surface area contributed by atoms with Gasteiger partial charge in [-0.3, -0.25) is 14.4 Å². The zero-order valence-electron chi connectivity index (χ0n) is 29.4. The molecule has 2 aromatic carbocycles. The Balaban J connectivity index is 1.97. The number of nitrogens with one attached hydrogen (secondary N) is 3. The summed E-state index contributed by atoms with van der Waals surface area (Å²) in [6.45, 7) is 13.7. The molecule has 14 heteroatoms. The Labute approximate surface area is 298 Å². The van der Waals surface area contributed by atoms with E-state index in [9.17, 15) is 14.4 Å². The Morgan fingerprint density at radius 2 is 1.12 bits per heavy atom. The zero-order valence-corrected chi connectivity index (χ0v) is 31.0. The van der Waals surface area contributed by atoms with E-state index in [-0.39, 0.29) is 28.1 Å². The topological polar surface area (TPSA) is 217 Å². The zero-order chi connectivity index (χ0) is 36.4. The fourth-order valence-corrected chi connectivity index (χ4v) is 6.35. The van der Waals surface area contributed by atoms with E-state index in [2.05, 4.69) is 46.7 Å². The molecule has 11 N–H and O–H groups in total. The molecule has 49 heavy (non-hydrogen) atoms. The van der Waals surface area contributed by atoms with Gasteiger partial charge in [0.25, 0.3) is 11.8 Å². The number of carbonyl (C=O) groups is 3. The van der Waals surface area contributed by atoms with Crippen molar-refractivity contribution in [3.63, 3.8) is 0 Å². The number of aromatic nitrogens is 2. The van der Waals surface area contributed by atoms with Crippen LogP contribution < -0.4 is 38.9 Å². The molecule has 3 amide bonds. The number of amides is 3. The van der Waals surface area contributed by atoms with Gasteiger partial charge in [0, 0.05) is 42.8 Å². The third-order valence-corrected chi connectivity index (χ3v) is 9.78. The molecule has 266 valence electrons. The number of nitrogens with two attached hydrogens (primary N) is 4. The van der Waals surface area contributed by atoms with E-state index in [1.807, 2.05) is 45.0 Å². The summed E-state index contributed by atoms with van der Waals surface area (Å²) in [7, 11) is 0. The number of thioether (sulfide) groups is 2. The second-order valence-corrected chi connectivity index (χ2v) is 15.8. The van der Waals surface area contributed by atoms with E-state index in [0.29, 0.717) is 76.5 Å². The molecule has 0 aliphatic rings. The van der Waals surface area contributed by atoms with Crippen molar-refractivity contribution in [1.29, 1.82) is 0 Å². The van der Waals surface area contributed by atoms with Crippen molar-refractivity contribution in [2.75, 3.05) is 52.8 Å². The first kappa shape index (κ1) is 39.7. The predicted octanol–water partition coefficient (Wildman–Crippen LogP) is 5.33. The number of anilines is 4. The molecule has 0 saturated heterocycles. The van der Waals surface area contributed by atoms with E-state index >= 15 is 0 Å². The van der Waals surface area contributed by atoms with Gasteiger partial charge in [-0.2, -0.15) is 0 Å². The van der Waals surface area contributed by atoms with Gasteiger partial charge < -0.3 is 38.9 Å². The van der Waals surface area contributed by atoms with E-state index < -0.39 is 11.8 Å². The van der Waals surface area contributed by atoms with Crippen molar-refractivity contribution in [3.05, 3.63) is 59.2 Å². The molecule has 0 saturated carbocycles. The minimum atomic E-state index is -0.546. The van der Waals surface area contributed by atoms with Crippen LogP contribution in [0, 0.1) is 0 Å². The minimum absolute atomic E-state index is 0.00117. The van der Waals surface area contributed by atoms with Crippen molar-refractivity contribution in [1.82, 2.24) is 9.97 Å². The van der Waals surface area contributed by atoms with Gasteiger partial charge in [0.1, 0.15) is 17.7 Å². The van der Waals surface area contributed by atoms with Crippen molar-refractivity contribution >= 4 is 64.0 Å². The lowest BCUT2D eigenvalue weighted by atomic mass is 9.86. The molecule has 1 aromatic heterocycles. The molecule has 3 aromatic rings. The van der Waals surface area contributed by atoms with Crippen LogP contribution >= 0.6 is 23.5 Å². The fraction of sp³-hybridized carbons (Fsp3) is 0.457. The van der Waals surface area contributed by atoms with Crippen LogP contribution in [0.5, 0.6) is 0 Å². The predicted molar refractivity (Wildman–Crippen MR) is 204 cm³/mol. The van der Waals surface area contributed by atoms with Gasteiger partial charge in [-0.25, -0.2) is 9.97 Å². The number of hydrogen-bond donors (Lipinski definition) is 7. The maximum absolute atomic E-state index is 13.7. The Hall–Kier alpha value is -3.69. The second-order valence-electron chi connectivity index (χ2n) is 13.6. The van der Waals surface area contributed by atoms with Crippen LogP contribution in [-0.2, 0) is 15.6 Å². The molecule has 0 spiro atoms. The highest BCUT2D eigenvalue weighted by molar-refractivity contribution is 7.99. The lowest BCUT2D eigenvalue weighted by molar-refractivity contribution is -0.116. The fourth-order valence-electron chi connectivity index (χ4n) is 4.68. The first-order chi connectivity index (χ1) is 23.1. The van der Waals surface area contributed by atoms with Gasteiger partial charge in [-0.05, 0) is 65.6 Å². The number of hydrogen-bond acceptors (Lipinski definition) is 11. The van der Waals surface area contributed by atoms with Crippen LogP contribution in [0.25, 0.3) is 0 Å². The largest absolute Gasteiger partial charge is 0.398 e. The van der Waals surface area contributed by atoms with Crippen LogP contribution in [0.3, 0.4) is 0 Å². The van der Waals surface area contributed by atoms with Gasteiger partial charge in [0.05, 0.1) is 26.9 Å². The van der Waals surface area contributed by atoms with Gasteiger partial charge in [0.2, 0.25) is 5.91 Å². The quantitative estimate of drug-likeness (QED) is 0.0608. The van der Waals surface area contributed by atoms with Gasteiger partial charge in [-0.1, -0.05) is 41.5 Å². The highest BCUT2D eigenvalue weighted by Gasteiger charge is 2.24. The molecule has 3 rings (SSSR count). The number of unbranched alkanes of at least 4 members (excludes halogenated alkanes) is 1. The van der Waals surface area contributed by atoms with Crippen LogP contribution in [0.15, 0.2) is 46.5 Å². The molecule has 1 heterocycles. The van der Waals surface area contributed by atoms with Gasteiger partial charge >= 0.3 is 0 Å². The average Bonchev–Trinajstić information content (AvgIpc) is 3.03. The van der Waals surface area contributed by atoms with Gasteiger partial charge in [-0.15, -0.1) is 23.5 Å². The summed E-state index contributed by atoms with van der Waals surface area (Å²) in [5.41, 5.74) is 27.1. The summed E-state index contributed by atoms with van der Waals surface area (Å²) >= 11 is 2.88. The highest BCUT2D eigenvalue weighted by Crippen LogP contribution is 2.40. The van der Waals surface area contributed by atoms with Crippen molar-refractivity contribution in [2.24, 2.45) is 17.2 Å². The number of rotatable bonds is 15. The summed E-state index contributed by atoms with van der Waals surface area (Å²) in [6, 6.07) is 8.98. The molecule has 0 atom stereocenters. The normalized spacial score (nSPS) is 11.7. The Morgan fingerprint density at radius 3 is 1.61 bits per heavy atom. The number of benzene rings is 2. The van der Waals surface area contributed by atoms with Crippen molar-refractivity contribution in [3.8, 4) is 0 Å². The first-order valence-electron chi connectivity index (χ1n) is 16.3. The Morgan fingerprint density at radius 1 is 0.653 bits per heavy atom. The summed E-state index contributed by atoms with van der Waals surface area (Å²) in [6.07, 6.45) is 2.92. The standard InChI is InChI=1S/C35H51N9O3S2/c1-34(2,3)21-15-23(39)30(48-13-11-37)24(16-21)43-32(46)27-19-28(41-20-40-27)33(47)44-26-18-22(35(4,5)6)17-25(31(26)49-14-12-38)42-29(45)9-7-8-10-36/h15-20H,7-14,36-39H2,1-6H3,(H,42,45)(H,43,46)(H,44,47). The Bertz CT molecular complexity index is 1640. The second kappa shape index (κ2) is 17.8. The van der Waals surface area contributed by atoms with E-state index in [0.717, 1.165) is 17.5 Å². The van der Waals surface area contributed by atoms with E-state index in [1.165, 1.54) is 35.9 Å². The highest BCUT2D eigenvalue weighted by atomic mass is 32.2. The molecule has 0 unspecified atom stereocenters. The van der Waals surface area contributed by atoms with Crippen LogP contribution in [0.1, 0.15) is 92.9 Å². The van der Waals surface area contributed by atoms with Crippen LogP contribution in [0.2, 0.25) is 0 Å². The molecule has 0 aliphatic carbocycles. The molecular weight excluding hydrogens is 659 g/mol. The molecule has 12 nitrogen and oxygen atoms in total. The monoisotopic (exact) mass is 709 g/mol. The maximum Gasteiger partial charge on any atom is 0.274 e. The smallest absolute Gasteiger partial charge is 0.274 e. The Kier molecular flexibility index (Phi) is 14.4. The summed E-state index contributed by atoms with van der Waals surface area (Å²) in [5, 5.41) is 8.95.